The average molecular weight is 844 g/mol. The number of aromatic nitrogens is 8. The van der Waals surface area contributed by atoms with Crippen LogP contribution in [0.3, 0.4) is 0 Å². The predicted molar refractivity (Wildman–Crippen MR) is 218 cm³/mol. The number of nitrogens with two attached hydrogens (primary N) is 1. The number of carboxylic acids is 3. The van der Waals surface area contributed by atoms with Gasteiger partial charge in [0.05, 0.1) is 31.3 Å². The Kier molecular flexibility index (Phi) is 18.0. The normalized spacial score (nSPS) is 15.7. The SMILES string of the molecule is CC(C)(C)[Si](C)(C)OCCc1cnc2c(C(=O)O)cnn2c1.CCOC(C)C1CCOC1OCC.Nc1[nH]ncc1C(=O)O.O=C(O)c1cnn2cc(CCO)cnc12. The minimum atomic E-state index is -1.74. The highest BCUT2D eigenvalue weighted by Crippen LogP contribution is 2.36. The number of nitrogen functional groups attached to an aromatic ring is 1. The van der Waals surface area contributed by atoms with E-state index in [1.165, 1.54) is 21.4 Å². The quantitative estimate of drug-likeness (QED) is 0.0842. The van der Waals surface area contributed by atoms with Crippen molar-refractivity contribution in [3.63, 3.8) is 0 Å². The second-order valence-corrected chi connectivity index (χ2v) is 19.6. The molecular weight excluding hydrogens is 787 g/mol. The number of aliphatic hydroxyl groups is 1. The van der Waals surface area contributed by atoms with Crippen molar-refractivity contribution in [1.82, 2.24) is 39.4 Å². The Morgan fingerprint density at radius 2 is 1.44 bits per heavy atom. The highest BCUT2D eigenvalue weighted by molar-refractivity contribution is 6.74. The zero-order chi connectivity index (χ0) is 43.9. The number of H-pyrrole nitrogens is 1. The van der Waals surface area contributed by atoms with E-state index in [1.54, 1.807) is 18.6 Å². The fourth-order valence-corrected chi connectivity index (χ4v) is 6.43. The van der Waals surface area contributed by atoms with Gasteiger partial charge < -0.3 is 44.8 Å². The summed E-state index contributed by atoms with van der Waals surface area (Å²) in [4.78, 5) is 40.1. The molecule has 7 N–H and O–H groups in total. The molecule has 20 nitrogen and oxygen atoms in total. The van der Waals surface area contributed by atoms with Gasteiger partial charge in [-0.2, -0.15) is 15.3 Å². The lowest BCUT2D eigenvalue weighted by Crippen LogP contribution is -2.41. The highest BCUT2D eigenvalue weighted by Gasteiger charge is 2.37. The van der Waals surface area contributed by atoms with E-state index >= 15 is 0 Å². The molecule has 21 heteroatoms. The van der Waals surface area contributed by atoms with E-state index < -0.39 is 26.2 Å². The first-order chi connectivity index (χ1) is 27.8. The number of hydrogen-bond acceptors (Lipinski definition) is 14. The molecule has 1 aliphatic heterocycles. The van der Waals surface area contributed by atoms with Crippen LogP contribution in [0.25, 0.3) is 11.3 Å². The van der Waals surface area contributed by atoms with Crippen molar-refractivity contribution in [1.29, 1.82) is 0 Å². The van der Waals surface area contributed by atoms with E-state index in [-0.39, 0.29) is 46.5 Å². The van der Waals surface area contributed by atoms with Gasteiger partial charge in [0.25, 0.3) is 0 Å². The summed E-state index contributed by atoms with van der Waals surface area (Å²) in [6.07, 6.45) is 12.9. The van der Waals surface area contributed by atoms with Crippen LogP contribution in [0, 0.1) is 5.92 Å². The molecule has 6 heterocycles. The van der Waals surface area contributed by atoms with Crippen molar-refractivity contribution in [3.05, 3.63) is 71.2 Å². The molecule has 0 radical (unpaired) electrons. The summed E-state index contributed by atoms with van der Waals surface area (Å²) in [7, 11) is -1.74. The highest BCUT2D eigenvalue weighted by atomic mass is 28.4. The second kappa shape index (κ2) is 22.2. The van der Waals surface area contributed by atoms with E-state index in [1.807, 2.05) is 20.0 Å². The van der Waals surface area contributed by atoms with E-state index in [2.05, 4.69) is 71.2 Å². The third-order valence-electron chi connectivity index (χ3n) is 9.69. The van der Waals surface area contributed by atoms with E-state index in [0.29, 0.717) is 36.8 Å². The maximum atomic E-state index is 11.0. The number of nitrogens with zero attached hydrogens (tertiary/aromatic N) is 7. The number of anilines is 1. The summed E-state index contributed by atoms with van der Waals surface area (Å²) in [6.45, 7) is 20.1. The van der Waals surface area contributed by atoms with Gasteiger partial charge in [-0.15, -0.1) is 0 Å². The Bertz CT molecular complexity index is 2110. The van der Waals surface area contributed by atoms with Crippen LogP contribution in [0.4, 0.5) is 5.82 Å². The Morgan fingerprint density at radius 3 is 1.86 bits per heavy atom. The van der Waals surface area contributed by atoms with Gasteiger partial charge in [0.2, 0.25) is 0 Å². The molecular formula is C38H57N9O11Si. The Morgan fingerprint density at radius 1 is 0.898 bits per heavy atom. The smallest absolute Gasteiger partial charge is 0.341 e. The number of nitrogens with one attached hydrogen (secondary N) is 1. The van der Waals surface area contributed by atoms with E-state index in [0.717, 1.165) is 43.4 Å². The lowest BCUT2D eigenvalue weighted by Gasteiger charge is -2.36. The molecule has 3 atom stereocenters. The molecule has 5 aromatic heterocycles. The van der Waals surface area contributed by atoms with Crippen LogP contribution in [0.5, 0.6) is 0 Å². The fraction of sp³-hybridized carbons (Fsp3) is 0.526. The monoisotopic (exact) mass is 843 g/mol. The number of aliphatic hydroxyl groups excluding tert-OH is 1. The van der Waals surface area contributed by atoms with E-state index in [9.17, 15) is 14.4 Å². The fourth-order valence-electron chi connectivity index (χ4n) is 5.38. The molecule has 0 aliphatic carbocycles. The summed E-state index contributed by atoms with van der Waals surface area (Å²) in [5, 5.41) is 48.7. The summed E-state index contributed by atoms with van der Waals surface area (Å²) in [5.74, 6) is -2.65. The molecule has 0 spiro atoms. The van der Waals surface area contributed by atoms with Crippen molar-refractivity contribution in [2.24, 2.45) is 5.92 Å². The molecule has 0 saturated carbocycles. The topological polar surface area (TPSA) is 284 Å². The first-order valence-electron chi connectivity index (χ1n) is 19.1. The molecule has 5 aromatic rings. The Labute approximate surface area is 342 Å². The standard InChI is InChI=1S/C15H23N3O3Si.C10H20O3.C9H9N3O3.C4H5N3O2/c1-15(2,3)22(4,5)21-7-6-11-8-16-13-12(14(19)20)9-17-18(13)10-11;1-4-11-8(3)9-6-7-13-10(9)12-5-2;13-2-1-6-3-10-8-7(9(14)15)4-11-12(8)5-6;5-3-2(4(8)9)1-6-7-3/h8-10H,6-7H2,1-5H3,(H,19,20);8-10H,4-7H2,1-3H3;3-5,13H,1-2H2,(H,14,15);1H,(H,8,9)(H3,5,6,7). The van der Waals surface area contributed by atoms with Crippen LogP contribution < -0.4 is 5.73 Å². The van der Waals surface area contributed by atoms with Crippen LogP contribution in [0.1, 0.15) is 90.2 Å². The van der Waals surface area contributed by atoms with Crippen molar-refractivity contribution in [3.8, 4) is 0 Å². The maximum absolute atomic E-state index is 11.0. The van der Waals surface area contributed by atoms with Gasteiger partial charge in [0.15, 0.2) is 25.9 Å². The summed E-state index contributed by atoms with van der Waals surface area (Å²) < 4.78 is 25.5. The minimum Gasteiger partial charge on any atom is -0.477 e. The summed E-state index contributed by atoms with van der Waals surface area (Å²) in [5.41, 5.74) is 7.80. The molecule has 1 fully saturated rings. The molecule has 0 bridgehead atoms. The molecule has 3 unspecified atom stereocenters. The first kappa shape index (κ1) is 48.0. The van der Waals surface area contributed by atoms with Gasteiger partial charge in [-0.25, -0.2) is 33.4 Å². The summed E-state index contributed by atoms with van der Waals surface area (Å²) in [6, 6.07) is 0. The Hall–Kier alpha value is -5.32. The van der Waals surface area contributed by atoms with Crippen molar-refractivity contribution in [2.45, 2.75) is 91.3 Å². The number of aromatic amines is 1. The average Bonchev–Trinajstić information content (AvgIpc) is 3.99. The maximum Gasteiger partial charge on any atom is 0.341 e. The van der Waals surface area contributed by atoms with Gasteiger partial charge in [-0.05, 0) is 69.3 Å². The zero-order valence-corrected chi connectivity index (χ0v) is 35.8. The third-order valence-corrected chi connectivity index (χ3v) is 14.2. The number of hydrogen-bond donors (Lipinski definition) is 6. The van der Waals surface area contributed by atoms with Crippen LogP contribution in [-0.2, 0) is 31.5 Å². The van der Waals surface area contributed by atoms with Gasteiger partial charge in [0, 0.05) is 57.1 Å². The number of carbonyl (C=O) groups is 3. The lowest BCUT2D eigenvalue weighted by molar-refractivity contribution is -0.149. The minimum absolute atomic E-state index is 0.00926. The van der Waals surface area contributed by atoms with Crippen LogP contribution in [-0.4, -0.2) is 131 Å². The lowest BCUT2D eigenvalue weighted by atomic mass is 10.0. The molecule has 324 valence electrons. The zero-order valence-electron chi connectivity index (χ0n) is 34.8. The van der Waals surface area contributed by atoms with Crippen molar-refractivity contribution < 1.29 is 53.4 Å². The van der Waals surface area contributed by atoms with Crippen molar-refractivity contribution >= 4 is 43.3 Å². The first-order valence-corrected chi connectivity index (χ1v) is 22.0. The number of aromatic carboxylic acids is 3. The Balaban J connectivity index is 0.000000221. The van der Waals surface area contributed by atoms with Gasteiger partial charge in [0.1, 0.15) is 22.5 Å². The molecule has 0 aromatic carbocycles. The van der Waals surface area contributed by atoms with Gasteiger partial charge >= 0.3 is 17.9 Å². The number of ether oxygens (including phenoxy) is 3. The molecule has 59 heavy (non-hydrogen) atoms. The molecule has 1 aliphatic rings. The van der Waals surface area contributed by atoms with E-state index in [4.69, 9.17) is 44.8 Å². The van der Waals surface area contributed by atoms with Gasteiger partial charge in [-0.3, -0.25) is 5.10 Å². The van der Waals surface area contributed by atoms with Gasteiger partial charge in [-0.1, -0.05) is 20.8 Å². The van der Waals surface area contributed by atoms with Crippen LogP contribution in [0.2, 0.25) is 18.1 Å². The number of carboxylic acid groups (broad SMARTS) is 3. The number of fused-ring (bicyclic) bond motifs is 2. The summed E-state index contributed by atoms with van der Waals surface area (Å²) >= 11 is 0. The molecule has 0 amide bonds. The van der Waals surface area contributed by atoms with Crippen molar-refractivity contribution in [2.75, 3.05) is 38.8 Å². The predicted octanol–water partition coefficient (Wildman–Crippen LogP) is 4.45. The van der Waals surface area contributed by atoms with Crippen LogP contribution >= 0.6 is 0 Å². The largest absolute Gasteiger partial charge is 0.477 e. The molecule has 6 rings (SSSR count). The molecule has 1 saturated heterocycles. The number of rotatable bonds is 14. The second-order valence-electron chi connectivity index (χ2n) is 14.8. The third kappa shape index (κ3) is 13.6. The van der Waals surface area contributed by atoms with Crippen LogP contribution in [0.15, 0.2) is 43.4 Å².